The van der Waals surface area contributed by atoms with Gasteiger partial charge in [-0.05, 0) is 11.8 Å². The molecule has 0 aromatic carbocycles. The first kappa shape index (κ1) is 14.2. The Morgan fingerprint density at radius 3 is 2.70 bits per heavy atom. The van der Waals surface area contributed by atoms with Crippen molar-refractivity contribution in [1.82, 2.24) is 24.5 Å². The number of nitrogen functional groups attached to an aromatic ring is 1. The van der Waals surface area contributed by atoms with Crippen molar-refractivity contribution in [2.75, 3.05) is 12.0 Å². The van der Waals surface area contributed by atoms with Gasteiger partial charge in [-0.15, -0.1) is 0 Å². The Balaban J connectivity index is 2.14. The van der Waals surface area contributed by atoms with Crippen LogP contribution in [0, 0.1) is 5.41 Å². The fourth-order valence-electron chi connectivity index (χ4n) is 1.42. The molecule has 0 amide bonds. The Labute approximate surface area is 117 Å². The maximum Gasteiger partial charge on any atom is 0.323 e. The van der Waals surface area contributed by atoms with Gasteiger partial charge in [-0.25, -0.2) is 10.8 Å². The molecule has 0 bridgehead atoms. The molecule has 0 saturated heterocycles. The number of ether oxygens (including phenoxy) is 1. The van der Waals surface area contributed by atoms with Crippen molar-refractivity contribution in [1.29, 1.82) is 0 Å². The Bertz CT molecular complexity index is 547. The SMILES string of the molecule is CC(C)(C)CCOc1nc(NN)nc(-n2ccnc2)n1. The molecule has 8 heteroatoms. The third-order valence-electron chi connectivity index (χ3n) is 2.55. The van der Waals surface area contributed by atoms with Crippen molar-refractivity contribution in [3.05, 3.63) is 18.7 Å². The van der Waals surface area contributed by atoms with Crippen molar-refractivity contribution in [2.24, 2.45) is 11.3 Å². The molecule has 3 N–H and O–H groups in total. The molecule has 0 saturated carbocycles. The van der Waals surface area contributed by atoms with Crippen LogP contribution in [0.5, 0.6) is 6.01 Å². The summed E-state index contributed by atoms with van der Waals surface area (Å²) in [6.07, 6.45) is 5.85. The number of nitrogens with two attached hydrogens (primary N) is 1. The predicted octanol–water partition coefficient (Wildman–Crippen LogP) is 1.16. The molecule has 0 aliphatic rings. The number of nitrogens with zero attached hydrogens (tertiary/aromatic N) is 5. The van der Waals surface area contributed by atoms with Gasteiger partial charge in [0, 0.05) is 12.4 Å². The number of hydrogen-bond donors (Lipinski definition) is 2. The highest BCUT2D eigenvalue weighted by atomic mass is 16.5. The first-order chi connectivity index (χ1) is 9.48. The number of hydrazine groups is 1. The van der Waals surface area contributed by atoms with Gasteiger partial charge in [-0.1, -0.05) is 20.8 Å². The highest BCUT2D eigenvalue weighted by molar-refractivity contribution is 5.28. The standard InChI is InChI=1S/C12H19N7O/c1-12(2,3)4-7-20-11-16-9(18-13)15-10(17-11)19-6-5-14-8-19/h5-6,8H,4,7,13H2,1-3H3,(H,15,16,17,18). The summed E-state index contributed by atoms with van der Waals surface area (Å²) in [4.78, 5) is 16.4. The minimum atomic E-state index is 0.190. The maximum absolute atomic E-state index is 5.57. The van der Waals surface area contributed by atoms with Crippen LogP contribution in [-0.2, 0) is 0 Å². The average Bonchev–Trinajstić information content (AvgIpc) is 2.90. The van der Waals surface area contributed by atoms with Crippen LogP contribution in [0.2, 0.25) is 0 Å². The van der Waals surface area contributed by atoms with Crippen molar-refractivity contribution in [3.8, 4) is 12.0 Å². The van der Waals surface area contributed by atoms with Crippen molar-refractivity contribution < 1.29 is 4.74 Å². The van der Waals surface area contributed by atoms with E-state index in [1.807, 2.05) is 0 Å². The molecule has 2 aromatic heterocycles. The fourth-order valence-corrected chi connectivity index (χ4v) is 1.42. The summed E-state index contributed by atoms with van der Waals surface area (Å²) in [6.45, 7) is 6.97. The van der Waals surface area contributed by atoms with Gasteiger partial charge in [0.25, 0.3) is 0 Å². The second kappa shape index (κ2) is 5.83. The number of rotatable bonds is 5. The largest absolute Gasteiger partial charge is 0.463 e. The molecule has 0 atom stereocenters. The van der Waals surface area contributed by atoms with Crippen LogP contribution in [0.25, 0.3) is 5.95 Å². The number of aromatic nitrogens is 5. The zero-order chi connectivity index (χ0) is 14.6. The summed E-state index contributed by atoms with van der Waals surface area (Å²) < 4.78 is 7.22. The number of hydrogen-bond acceptors (Lipinski definition) is 7. The maximum atomic E-state index is 5.57. The molecule has 2 heterocycles. The normalized spacial score (nSPS) is 11.4. The summed E-state index contributed by atoms with van der Waals surface area (Å²) in [7, 11) is 0. The summed E-state index contributed by atoms with van der Waals surface area (Å²) in [5.41, 5.74) is 2.59. The molecule has 0 radical (unpaired) electrons. The molecular formula is C12H19N7O. The summed E-state index contributed by atoms with van der Waals surface area (Å²) in [5.74, 6) is 6.00. The van der Waals surface area contributed by atoms with Crippen molar-refractivity contribution in [2.45, 2.75) is 27.2 Å². The second-order valence-corrected chi connectivity index (χ2v) is 5.52. The van der Waals surface area contributed by atoms with E-state index in [9.17, 15) is 0 Å². The zero-order valence-corrected chi connectivity index (χ0v) is 11.9. The fraction of sp³-hybridized carbons (Fsp3) is 0.500. The van der Waals surface area contributed by atoms with E-state index < -0.39 is 0 Å². The molecular weight excluding hydrogens is 258 g/mol. The summed E-state index contributed by atoms with van der Waals surface area (Å²) in [5, 5.41) is 0. The van der Waals surface area contributed by atoms with E-state index in [4.69, 9.17) is 10.6 Å². The monoisotopic (exact) mass is 277 g/mol. The first-order valence-corrected chi connectivity index (χ1v) is 6.32. The lowest BCUT2D eigenvalue weighted by molar-refractivity contribution is 0.228. The lowest BCUT2D eigenvalue weighted by Gasteiger charge is -2.17. The third kappa shape index (κ3) is 3.89. The van der Waals surface area contributed by atoms with Gasteiger partial charge in [0.2, 0.25) is 11.9 Å². The molecule has 2 rings (SSSR count). The van der Waals surface area contributed by atoms with Crippen LogP contribution < -0.4 is 16.0 Å². The molecule has 0 aliphatic heterocycles. The van der Waals surface area contributed by atoms with Crippen LogP contribution >= 0.6 is 0 Å². The minimum absolute atomic E-state index is 0.190. The van der Waals surface area contributed by atoms with Crippen molar-refractivity contribution >= 4 is 5.95 Å². The van der Waals surface area contributed by atoms with E-state index in [0.29, 0.717) is 12.6 Å². The molecule has 20 heavy (non-hydrogen) atoms. The lowest BCUT2D eigenvalue weighted by Crippen LogP contribution is -2.16. The smallest absolute Gasteiger partial charge is 0.323 e. The van der Waals surface area contributed by atoms with E-state index in [1.54, 1.807) is 23.3 Å². The highest BCUT2D eigenvalue weighted by Crippen LogP contribution is 2.19. The van der Waals surface area contributed by atoms with Gasteiger partial charge >= 0.3 is 6.01 Å². The van der Waals surface area contributed by atoms with Gasteiger partial charge in [0.05, 0.1) is 6.61 Å². The number of imidazole rings is 1. The van der Waals surface area contributed by atoms with Gasteiger partial charge in [-0.2, -0.15) is 15.0 Å². The molecule has 0 fully saturated rings. The number of nitrogens with one attached hydrogen (secondary N) is 1. The van der Waals surface area contributed by atoms with Crippen LogP contribution in [0.3, 0.4) is 0 Å². The van der Waals surface area contributed by atoms with E-state index in [-0.39, 0.29) is 17.4 Å². The first-order valence-electron chi connectivity index (χ1n) is 6.32. The van der Waals surface area contributed by atoms with Gasteiger partial charge in [-0.3, -0.25) is 9.99 Å². The molecule has 2 aromatic rings. The highest BCUT2D eigenvalue weighted by Gasteiger charge is 2.12. The van der Waals surface area contributed by atoms with Gasteiger partial charge in [0.15, 0.2) is 0 Å². The van der Waals surface area contributed by atoms with E-state index >= 15 is 0 Å². The topological polar surface area (TPSA) is 104 Å². The average molecular weight is 277 g/mol. The number of anilines is 1. The van der Waals surface area contributed by atoms with Crippen LogP contribution in [0.4, 0.5) is 5.95 Å². The zero-order valence-electron chi connectivity index (χ0n) is 11.9. The Hall–Kier alpha value is -2.22. The van der Waals surface area contributed by atoms with E-state index in [2.05, 4.69) is 46.1 Å². The molecule has 0 unspecified atom stereocenters. The predicted molar refractivity (Wildman–Crippen MR) is 74.3 cm³/mol. The van der Waals surface area contributed by atoms with Crippen LogP contribution in [-0.4, -0.2) is 31.1 Å². The lowest BCUT2D eigenvalue weighted by atomic mass is 9.93. The summed E-state index contributed by atoms with van der Waals surface area (Å²) in [6, 6.07) is 0.237. The van der Waals surface area contributed by atoms with Crippen molar-refractivity contribution in [3.63, 3.8) is 0 Å². The van der Waals surface area contributed by atoms with Crippen LogP contribution in [0.15, 0.2) is 18.7 Å². The van der Waals surface area contributed by atoms with E-state index in [1.165, 1.54) is 0 Å². The molecule has 8 nitrogen and oxygen atoms in total. The second-order valence-electron chi connectivity index (χ2n) is 5.52. The quantitative estimate of drug-likeness (QED) is 0.624. The Morgan fingerprint density at radius 2 is 2.10 bits per heavy atom. The Morgan fingerprint density at radius 1 is 1.30 bits per heavy atom. The molecule has 0 spiro atoms. The third-order valence-corrected chi connectivity index (χ3v) is 2.55. The molecule has 0 aliphatic carbocycles. The minimum Gasteiger partial charge on any atom is -0.463 e. The Kier molecular flexibility index (Phi) is 4.14. The van der Waals surface area contributed by atoms with Crippen LogP contribution in [0.1, 0.15) is 27.2 Å². The van der Waals surface area contributed by atoms with E-state index in [0.717, 1.165) is 6.42 Å². The van der Waals surface area contributed by atoms with Gasteiger partial charge < -0.3 is 4.74 Å². The van der Waals surface area contributed by atoms with Gasteiger partial charge in [0.1, 0.15) is 6.33 Å². The summed E-state index contributed by atoms with van der Waals surface area (Å²) >= 11 is 0. The molecule has 108 valence electrons.